The van der Waals surface area contributed by atoms with E-state index >= 15 is 0 Å². The monoisotopic (exact) mass is 236 g/mol. The summed E-state index contributed by atoms with van der Waals surface area (Å²) in [5.41, 5.74) is 2.53. The van der Waals surface area contributed by atoms with Crippen molar-refractivity contribution in [1.82, 2.24) is 0 Å². The molecule has 0 amide bonds. The minimum Gasteiger partial charge on any atom is -0.491 e. The van der Waals surface area contributed by atoms with Gasteiger partial charge in [-0.2, -0.15) is 0 Å². The molecule has 0 heterocycles. The molecule has 0 aliphatic carbocycles. The van der Waals surface area contributed by atoms with Crippen LogP contribution in [0.3, 0.4) is 0 Å². The van der Waals surface area contributed by atoms with Crippen molar-refractivity contribution < 1.29 is 9.84 Å². The zero-order chi connectivity index (χ0) is 12.7. The van der Waals surface area contributed by atoms with Gasteiger partial charge in [0.1, 0.15) is 12.4 Å². The van der Waals surface area contributed by atoms with Crippen molar-refractivity contribution in [3.8, 4) is 5.75 Å². The smallest absolute Gasteiger partial charge is 0.122 e. The molecule has 2 nitrogen and oxygen atoms in total. The number of hydrogen-bond acceptors (Lipinski definition) is 2. The number of aryl methyl sites for hydroxylation is 1. The molecule has 0 saturated heterocycles. The van der Waals surface area contributed by atoms with E-state index < -0.39 is 0 Å². The van der Waals surface area contributed by atoms with E-state index in [9.17, 15) is 0 Å². The summed E-state index contributed by atoms with van der Waals surface area (Å²) < 4.78 is 5.44. The van der Waals surface area contributed by atoms with Gasteiger partial charge in [0, 0.05) is 0 Å². The Labute approximate surface area is 105 Å². The maximum atomic E-state index is 8.73. The SMILES string of the molecule is CCCC(C)Cc1ccc(OCCO)c(C)c1. The van der Waals surface area contributed by atoms with Crippen LogP contribution in [0.1, 0.15) is 37.8 Å². The molecule has 0 aliphatic heterocycles. The van der Waals surface area contributed by atoms with E-state index in [1.165, 1.54) is 18.4 Å². The molecule has 1 aromatic carbocycles. The van der Waals surface area contributed by atoms with Gasteiger partial charge in [-0.25, -0.2) is 0 Å². The molecule has 0 fully saturated rings. The zero-order valence-corrected chi connectivity index (χ0v) is 11.2. The molecule has 1 atom stereocenters. The van der Waals surface area contributed by atoms with Crippen LogP contribution in [0.25, 0.3) is 0 Å². The van der Waals surface area contributed by atoms with E-state index in [0.717, 1.165) is 23.7 Å². The number of aliphatic hydroxyl groups excluding tert-OH is 1. The summed E-state index contributed by atoms with van der Waals surface area (Å²) in [5.74, 6) is 1.62. The molecule has 17 heavy (non-hydrogen) atoms. The van der Waals surface area contributed by atoms with E-state index in [1.807, 2.05) is 6.07 Å². The van der Waals surface area contributed by atoms with Gasteiger partial charge in [-0.05, 0) is 36.5 Å². The van der Waals surface area contributed by atoms with Crippen LogP contribution in [0.4, 0.5) is 0 Å². The number of hydrogen-bond donors (Lipinski definition) is 1. The first-order chi connectivity index (χ1) is 8.17. The molecular formula is C15H24O2. The highest BCUT2D eigenvalue weighted by Gasteiger charge is 2.05. The van der Waals surface area contributed by atoms with Crippen molar-refractivity contribution in [3.63, 3.8) is 0 Å². The molecule has 1 rings (SSSR count). The zero-order valence-electron chi connectivity index (χ0n) is 11.2. The normalized spacial score (nSPS) is 12.5. The van der Waals surface area contributed by atoms with Gasteiger partial charge in [0.2, 0.25) is 0 Å². The lowest BCUT2D eigenvalue weighted by atomic mass is 9.96. The molecule has 0 aromatic heterocycles. The van der Waals surface area contributed by atoms with Gasteiger partial charge >= 0.3 is 0 Å². The molecular weight excluding hydrogens is 212 g/mol. The fourth-order valence-electron chi connectivity index (χ4n) is 2.15. The van der Waals surface area contributed by atoms with Crippen molar-refractivity contribution in [2.24, 2.45) is 5.92 Å². The number of rotatable bonds is 7. The van der Waals surface area contributed by atoms with Crippen LogP contribution in [0, 0.1) is 12.8 Å². The fourth-order valence-corrected chi connectivity index (χ4v) is 2.15. The predicted octanol–water partition coefficient (Wildman–Crippen LogP) is 3.34. The first-order valence-electron chi connectivity index (χ1n) is 6.50. The van der Waals surface area contributed by atoms with Crippen molar-refractivity contribution >= 4 is 0 Å². The molecule has 0 aliphatic rings. The molecule has 1 unspecified atom stereocenters. The number of ether oxygens (including phenoxy) is 1. The third-order valence-corrected chi connectivity index (χ3v) is 2.95. The first kappa shape index (κ1) is 14.0. The molecule has 0 spiro atoms. The van der Waals surface area contributed by atoms with Crippen LogP contribution in [-0.2, 0) is 6.42 Å². The molecule has 96 valence electrons. The Kier molecular flexibility index (Phi) is 6.06. The van der Waals surface area contributed by atoms with Gasteiger partial charge in [0.25, 0.3) is 0 Å². The van der Waals surface area contributed by atoms with Crippen LogP contribution >= 0.6 is 0 Å². The van der Waals surface area contributed by atoms with Crippen molar-refractivity contribution in [1.29, 1.82) is 0 Å². The molecule has 0 saturated carbocycles. The Hall–Kier alpha value is -1.02. The highest BCUT2D eigenvalue weighted by atomic mass is 16.5. The molecule has 1 aromatic rings. The van der Waals surface area contributed by atoms with E-state index in [1.54, 1.807) is 0 Å². The van der Waals surface area contributed by atoms with Gasteiger partial charge in [0.05, 0.1) is 6.61 Å². The van der Waals surface area contributed by atoms with E-state index in [-0.39, 0.29) is 6.61 Å². The van der Waals surface area contributed by atoms with E-state index in [0.29, 0.717) is 6.61 Å². The third kappa shape index (κ3) is 4.78. The first-order valence-corrected chi connectivity index (χ1v) is 6.50. The minimum absolute atomic E-state index is 0.0642. The van der Waals surface area contributed by atoms with Gasteiger partial charge in [-0.1, -0.05) is 38.8 Å². The second-order valence-corrected chi connectivity index (χ2v) is 4.77. The van der Waals surface area contributed by atoms with Crippen LogP contribution in [0.5, 0.6) is 5.75 Å². The predicted molar refractivity (Wildman–Crippen MR) is 71.5 cm³/mol. The molecule has 0 radical (unpaired) electrons. The largest absolute Gasteiger partial charge is 0.491 e. The van der Waals surface area contributed by atoms with Crippen molar-refractivity contribution in [3.05, 3.63) is 29.3 Å². The summed E-state index contributed by atoms with van der Waals surface area (Å²) in [5, 5.41) is 8.73. The Morgan fingerprint density at radius 3 is 2.71 bits per heavy atom. The Morgan fingerprint density at radius 1 is 1.35 bits per heavy atom. The van der Waals surface area contributed by atoms with Crippen LogP contribution in [0.2, 0.25) is 0 Å². The third-order valence-electron chi connectivity index (χ3n) is 2.95. The number of benzene rings is 1. The van der Waals surface area contributed by atoms with Crippen LogP contribution in [-0.4, -0.2) is 18.3 Å². The second-order valence-electron chi connectivity index (χ2n) is 4.77. The van der Waals surface area contributed by atoms with Crippen molar-refractivity contribution in [2.75, 3.05) is 13.2 Å². The summed E-state index contributed by atoms with van der Waals surface area (Å²) in [4.78, 5) is 0. The maximum absolute atomic E-state index is 8.73. The fraction of sp³-hybridized carbons (Fsp3) is 0.600. The highest BCUT2D eigenvalue weighted by molar-refractivity contribution is 5.36. The summed E-state index contributed by atoms with van der Waals surface area (Å²) in [6.07, 6.45) is 3.66. The highest BCUT2D eigenvalue weighted by Crippen LogP contribution is 2.21. The van der Waals surface area contributed by atoms with Gasteiger partial charge in [-0.15, -0.1) is 0 Å². The van der Waals surface area contributed by atoms with Gasteiger partial charge in [0.15, 0.2) is 0 Å². The van der Waals surface area contributed by atoms with Crippen LogP contribution in [0.15, 0.2) is 18.2 Å². The minimum atomic E-state index is 0.0642. The average Bonchev–Trinajstić information content (AvgIpc) is 2.28. The lowest BCUT2D eigenvalue weighted by Gasteiger charge is -2.13. The van der Waals surface area contributed by atoms with Crippen molar-refractivity contribution in [2.45, 2.75) is 40.0 Å². The quantitative estimate of drug-likeness (QED) is 0.786. The topological polar surface area (TPSA) is 29.5 Å². The summed E-state index contributed by atoms with van der Waals surface area (Å²) in [7, 11) is 0. The summed E-state index contributed by atoms with van der Waals surface area (Å²) >= 11 is 0. The lowest BCUT2D eigenvalue weighted by molar-refractivity contribution is 0.200. The van der Waals surface area contributed by atoms with Gasteiger partial charge in [-0.3, -0.25) is 0 Å². The van der Waals surface area contributed by atoms with E-state index in [4.69, 9.17) is 9.84 Å². The summed E-state index contributed by atoms with van der Waals surface area (Å²) in [6.45, 7) is 7.02. The Balaban J connectivity index is 2.61. The average molecular weight is 236 g/mol. The summed E-state index contributed by atoms with van der Waals surface area (Å²) in [6, 6.07) is 6.34. The Morgan fingerprint density at radius 2 is 2.12 bits per heavy atom. The molecule has 1 N–H and O–H groups in total. The standard InChI is InChI=1S/C15H24O2/c1-4-5-12(2)10-14-6-7-15(13(3)11-14)17-9-8-16/h6-7,11-12,16H,4-5,8-10H2,1-3H3. The lowest BCUT2D eigenvalue weighted by Crippen LogP contribution is -2.04. The maximum Gasteiger partial charge on any atom is 0.122 e. The Bertz CT molecular complexity index is 334. The second kappa shape index (κ2) is 7.33. The van der Waals surface area contributed by atoms with Gasteiger partial charge < -0.3 is 9.84 Å². The molecule has 0 bridgehead atoms. The van der Waals surface area contributed by atoms with Crippen LogP contribution < -0.4 is 4.74 Å². The molecule has 2 heteroatoms. The number of aliphatic hydroxyl groups is 1. The van der Waals surface area contributed by atoms with E-state index in [2.05, 4.69) is 32.9 Å².